The molecule has 2 aromatic carbocycles. The SMILES string of the molecule is O=C(Cc1coc2ccccc12)Nc1ccccc1O. The first-order valence-electron chi connectivity index (χ1n) is 6.27. The molecule has 1 heterocycles. The quantitative estimate of drug-likeness (QED) is 0.715. The predicted octanol–water partition coefficient (Wildman–Crippen LogP) is 3.32. The van der Waals surface area contributed by atoms with Gasteiger partial charge in [0.15, 0.2) is 0 Å². The van der Waals surface area contributed by atoms with E-state index in [0.29, 0.717) is 5.69 Å². The Kier molecular flexibility index (Phi) is 3.13. The maximum absolute atomic E-state index is 12.0. The van der Waals surface area contributed by atoms with Crippen molar-refractivity contribution in [2.45, 2.75) is 6.42 Å². The minimum Gasteiger partial charge on any atom is -0.506 e. The van der Waals surface area contributed by atoms with Crippen LogP contribution in [-0.2, 0) is 11.2 Å². The summed E-state index contributed by atoms with van der Waals surface area (Å²) in [7, 11) is 0. The van der Waals surface area contributed by atoms with Gasteiger partial charge in [0.1, 0.15) is 11.3 Å². The number of hydrogen-bond acceptors (Lipinski definition) is 3. The van der Waals surface area contributed by atoms with E-state index in [1.54, 1.807) is 24.5 Å². The highest BCUT2D eigenvalue weighted by atomic mass is 16.3. The Labute approximate surface area is 115 Å². The second kappa shape index (κ2) is 5.09. The average molecular weight is 267 g/mol. The number of carbonyl (C=O) groups excluding carboxylic acids is 1. The molecule has 1 amide bonds. The maximum Gasteiger partial charge on any atom is 0.229 e. The van der Waals surface area contributed by atoms with Gasteiger partial charge in [-0.2, -0.15) is 0 Å². The van der Waals surface area contributed by atoms with Crippen molar-refractivity contribution >= 4 is 22.6 Å². The zero-order chi connectivity index (χ0) is 13.9. The van der Waals surface area contributed by atoms with Crippen molar-refractivity contribution in [3.05, 3.63) is 60.4 Å². The van der Waals surface area contributed by atoms with Gasteiger partial charge in [-0.05, 0) is 18.2 Å². The molecule has 1 aromatic heterocycles. The molecule has 0 bridgehead atoms. The second-order valence-corrected chi connectivity index (χ2v) is 4.50. The van der Waals surface area contributed by atoms with Gasteiger partial charge < -0.3 is 14.8 Å². The Balaban J connectivity index is 1.78. The minimum atomic E-state index is -0.196. The standard InChI is InChI=1S/C16H13NO3/c18-14-7-3-2-6-13(14)17-16(19)9-11-10-20-15-8-4-1-5-12(11)15/h1-8,10,18H,9H2,(H,17,19). The number of para-hydroxylation sites is 3. The number of hydrogen-bond donors (Lipinski definition) is 2. The monoisotopic (exact) mass is 267 g/mol. The van der Waals surface area contributed by atoms with E-state index in [1.165, 1.54) is 6.07 Å². The van der Waals surface area contributed by atoms with Crippen molar-refractivity contribution < 1.29 is 14.3 Å². The molecule has 0 fully saturated rings. The summed E-state index contributed by atoms with van der Waals surface area (Å²) in [6.45, 7) is 0. The lowest BCUT2D eigenvalue weighted by molar-refractivity contribution is -0.115. The average Bonchev–Trinajstić information content (AvgIpc) is 2.85. The third-order valence-electron chi connectivity index (χ3n) is 3.09. The van der Waals surface area contributed by atoms with E-state index in [-0.39, 0.29) is 18.1 Å². The summed E-state index contributed by atoms with van der Waals surface area (Å²) >= 11 is 0. The zero-order valence-corrected chi connectivity index (χ0v) is 10.7. The molecule has 2 N–H and O–H groups in total. The summed E-state index contributed by atoms with van der Waals surface area (Å²) in [6.07, 6.45) is 1.79. The number of benzene rings is 2. The number of rotatable bonds is 3. The Morgan fingerprint density at radius 1 is 1.10 bits per heavy atom. The van der Waals surface area contributed by atoms with Crippen LogP contribution in [0.2, 0.25) is 0 Å². The first kappa shape index (κ1) is 12.3. The Bertz CT molecular complexity index is 761. The minimum absolute atomic E-state index is 0.0536. The molecule has 0 saturated carbocycles. The lowest BCUT2D eigenvalue weighted by atomic mass is 10.1. The van der Waals surface area contributed by atoms with Crippen molar-refractivity contribution in [2.75, 3.05) is 5.32 Å². The Hall–Kier alpha value is -2.75. The Morgan fingerprint density at radius 3 is 2.70 bits per heavy atom. The van der Waals surface area contributed by atoms with Gasteiger partial charge >= 0.3 is 0 Å². The Morgan fingerprint density at radius 2 is 1.85 bits per heavy atom. The number of fused-ring (bicyclic) bond motifs is 1. The molecule has 0 saturated heterocycles. The van der Waals surface area contributed by atoms with Gasteiger partial charge in [-0.25, -0.2) is 0 Å². The van der Waals surface area contributed by atoms with Crippen molar-refractivity contribution in [1.82, 2.24) is 0 Å². The highest BCUT2D eigenvalue weighted by Crippen LogP contribution is 2.24. The molecule has 3 rings (SSSR count). The first-order valence-corrected chi connectivity index (χ1v) is 6.27. The van der Waals surface area contributed by atoms with E-state index in [2.05, 4.69) is 5.32 Å². The van der Waals surface area contributed by atoms with Crippen LogP contribution in [0.4, 0.5) is 5.69 Å². The lowest BCUT2D eigenvalue weighted by Gasteiger charge is -2.06. The first-order chi connectivity index (χ1) is 9.74. The molecule has 4 heteroatoms. The summed E-state index contributed by atoms with van der Waals surface area (Å²) in [4.78, 5) is 12.0. The summed E-state index contributed by atoms with van der Waals surface area (Å²) in [6, 6.07) is 14.2. The number of carbonyl (C=O) groups is 1. The molecule has 20 heavy (non-hydrogen) atoms. The number of phenolic OH excluding ortho intramolecular Hbond substituents is 1. The fourth-order valence-corrected chi connectivity index (χ4v) is 2.12. The number of anilines is 1. The predicted molar refractivity (Wildman–Crippen MR) is 76.7 cm³/mol. The van der Waals surface area contributed by atoms with Crippen LogP contribution in [0, 0.1) is 0 Å². The third-order valence-corrected chi connectivity index (χ3v) is 3.09. The summed E-state index contributed by atoms with van der Waals surface area (Å²) in [5.41, 5.74) is 2.00. The second-order valence-electron chi connectivity index (χ2n) is 4.50. The highest BCUT2D eigenvalue weighted by molar-refractivity contribution is 5.96. The summed E-state index contributed by atoms with van der Waals surface area (Å²) in [5.74, 6) is -0.143. The molecule has 0 atom stereocenters. The topological polar surface area (TPSA) is 62.5 Å². The lowest BCUT2D eigenvalue weighted by Crippen LogP contribution is -2.14. The molecule has 0 spiro atoms. The fourth-order valence-electron chi connectivity index (χ4n) is 2.12. The molecular weight excluding hydrogens is 254 g/mol. The van der Waals surface area contributed by atoms with Gasteiger partial charge in [0.2, 0.25) is 5.91 Å². The smallest absolute Gasteiger partial charge is 0.229 e. The molecule has 0 aliphatic heterocycles. The van der Waals surface area contributed by atoms with E-state index in [4.69, 9.17) is 4.42 Å². The molecule has 4 nitrogen and oxygen atoms in total. The van der Waals surface area contributed by atoms with Crippen LogP contribution >= 0.6 is 0 Å². The number of furan rings is 1. The van der Waals surface area contributed by atoms with E-state index in [1.807, 2.05) is 24.3 Å². The van der Waals surface area contributed by atoms with E-state index in [9.17, 15) is 9.90 Å². The van der Waals surface area contributed by atoms with Crippen LogP contribution < -0.4 is 5.32 Å². The third kappa shape index (κ3) is 2.36. The van der Waals surface area contributed by atoms with E-state index in [0.717, 1.165) is 16.5 Å². The summed E-state index contributed by atoms with van der Waals surface area (Å²) in [5, 5.41) is 13.2. The molecular formula is C16H13NO3. The number of amides is 1. The summed E-state index contributed by atoms with van der Waals surface area (Å²) < 4.78 is 5.39. The largest absolute Gasteiger partial charge is 0.506 e. The van der Waals surface area contributed by atoms with Gasteiger partial charge in [0, 0.05) is 10.9 Å². The van der Waals surface area contributed by atoms with Crippen molar-refractivity contribution in [2.24, 2.45) is 0 Å². The normalized spacial score (nSPS) is 10.6. The zero-order valence-electron chi connectivity index (χ0n) is 10.7. The van der Waals surface area contributed by atoms with Crippen LogP contribution in [0.15, 0.2) is 59.2 Å². The van der Waals surface area contributed by atoms with Crippen LogP contribution in [0.3, 0.4) is 0 Å². The van der Waals surface area contributed by atoms with Gasteiger partial charge in [0.25, 0.3) is 0 Å². The molecule has 0 aliphatic carbocycles. The van der Waals surface area contributed by atoms with Crippen LogP contribution in [0.25, 0.3) is 11.0 Å². The van der Waals surface area contributed by atoms with E-state index < -0.39 is 0 Å². The number of phenols is 1. The van der Waals surface area contributed by atoms with Gasteiger partial charge in [-0.1, -0.05) is 30.3 Å². The molecule has 100 valence electrons. The van der Waals surface area contributed by atoms with Gasteiger partial charge in [0.05, 0.1) is 18.4 Å². The van der Waals surface area contributed by atoms with Crippen LogP contribution in [0.1, 0.15) is 5.56 Å². The maximum atomic E-state index is 12.0. The number of nitrogens with one attached hydrogen (secondary N) is 1. The van der Waals surface area contributed by atoms with Gasteiger partial charge in [-0.3, -0.25) is 4.79 Å². The van der Waals surface area contributed by atoms with Crippen molar-refractivity contribution in [1.29, 1.82) is 0 Å². The highest BCUT2D eigenvalue weighted by Gasteiger charge is 2.11. The van der Waals surface area contributed by atoms with Crippen molar-refractivity contribution in [3.63, 3.8) is 0 Å². The van der Waals surface area contributed by atoms with Crippen LogP contribution in [0.5, 0.6) is 5.75 Å². The van der Waals surface area contributed by atoms with Gasteiger partial charge in [-0.15, -0.1) is 0 Å². The van der Waals surface area contributed by atoms with Crippen LogP contribution in [-0.4, -0.2) is 11.0 Å². The number of aromatic hydroxyl groups is 1. The van der Waals surface area contributed by atoms with E-state index >= 15 is 0 Å². The molecule has 0 radical (unpaired) electrons. The van der Waals surface area contributed by atoms with Crippen molar-refractivity contribution in [3.8, 4) is 5.75 Å². The fraction of sp³-hybridized carbons (Fsp3) is 0.0625. The molecule has 0 unspecified atom stereocenters. The molecule has 0 aliphatic rings. The molecule has 3 aromatic rings.